The maximum absolute atomic E-state index is 11.4. The molecule has 2 rings (SSSR count). The normalized spacial score (nSPS) is 10.3. The van der Waals surface area contributed by atoms with Crippen molar-refractivity contribution in [1.29, 1.82) is 0 Å². The van der Waals surface area contributed by atoms with E-state index in [1.54, 1.807) is 25.8 Å². The number of hydrogen-bond donors (Lipinski definition) is 0. The second-order valence-corrected chi connectivity index (χ2v) is 5.81. The molecular formula is C16H15ClO2S. The molecule has 0 aliphatic rings. The fraction of sp³-hybridized carbons (Fsp3) is 0.188. The van der Waals surface area contributed by atoms with Gasteiger partial charge in [0, 0.05) is 26.8 Å². The molecule has 0 amide bonds. The molecule has 20 heavy (non-hydrogen) atoms. The van der Waals surface area contributed by atoms with E-state index in [1.165, 1.54) is 0 Å². The number of ether oxygens (including phenoxy) is 1. The third-order valence-corrected chi connectivity index (χ3v) is 4.16. The Morgan fingerprint density at radius 1 is 1.25 bits per heavy atom. The summed E-state index contributed by atoms with van der Waals surface area (Å²) in [4.78, 5) is 12.4. The van der Waals surface area contributed by atoms with Crippen LogP contribution in [0.2, 0.25) is 5.02 Å². The quantitative estimate of drug-likeness (QED) is 0.584. The van der Waals surface area contributed by atoms with Crippen LogP contribution in [0.1, 0.15) is 22.8 Å². The van der Waals surface area contributed by atoms with Crippen molar-refractivity contribution in [3.05, 3.63) is 58.6 Å². The molecular weight excluding hydrogens is 292 g/mol. The largest absolute Gasteiger partial charge is 0.496 e. The summed E-state index contributed by atoms with van der Waals surface area (Å²) in [7, 11) is 1.65. The maximum Gasteiger partial charge on any atom is 0.159 e. The van der Waals surface area contributed by atoms with Gasteiger partial charge in [0.05, 0.1) is 7.11 Å². The summed E-state index contributed by atoms with van der Waals surface area (Å²) in [5.74, 6) is 1.64. The predicted molar refractivity (Wildman–Crippen MR) is 84.0 cm³/mol. The fourth-order valence-corrected chi connectivity index (χ4v) is 2.95. The van der Waals surface area contributed by atoms with E-state index in [0.717, 1.165) is 27.5 Å². The van der Waals surface area contributed by atoms with E-state index < -0.39 is 0 Å². The molecule has 2 aromatic rings. The zero-order valence-corrected chi connectivity index (χ0v) is 12.9. The van der Waals surface area contributed by atoms with Gasteiger partial charge in [-0.25, -0.2) is 0 Å². The standard InChI is InChI=1S/C16H15ClO2S/c1-11(18)12-4-3-5-15(9-12)20-10-13-8-14(17)6-7-16(13)19-2/h3-9H,10H2,1-2H3. The number of Topliss-reactive ketones (excluding diaryl/α,β-unsaturated/α-hetero) is 1. The first-order valence-corrected chi connectivity index (χ1v) is 7.52. The summed E-state index contributed by atoms with van der Waals surface area (Å²) < 4.78 is 5.32. The van der Waals surface area contributed by atoms with Gasteiger partial charge in [-0.05, 0) is 37.3 Å². The highest BCUT2D eigenvalue weighted by atomic mass is 35.5. The van der Waals surface area contributed by atoms with Crippen LogP contribution in [0.3, 0.4) is 0 Å². The Morgan fingerprint density at radius 2 is 2.05 bits per heavy atom. The van der Waals surface area contributed by atoms with Crippen LogP contribution in [0.15, 0.2) is 47.4 Å². The molecule has 0 spiro atoms. The van der Waals surface area contributed by atoms with Gasteiger partial charge in [0.1, 0.15) is 5.75 Å². The molecule has 0 radical (unpaired) electrons. The van der Waals surface area contributed by atoms with Crippen LogP contribution < -0.4 is 4.74 Å². The number of hydrogen-bond acceptors (Lipinski definition) is 3. The molecule has 0 atom stereocenters. The molecule has 0 saturated carbocycles. The molecule has 2 aromatic carbocycles. The second kappa shape index (κ2) is 6.82. The molecule has 0 N–H and O–H groups in total. The Kier molecular flexibility index (Phi) is 5.10. The molecule has 0 aliphatic heterocycles. The average molecular weight is 307 g/mol. The summed E-state index contributed by atoms with van der Waals surface area (Å²) in [6.45, 7) is 1.57. The zero-order chi connectivity index (χ0) is 14.5. The van der Waals surface area contributed by atoms with Crippen molar-refractivity contribution in [1.82, 2.24) is 0 Å². The van der Waals surface area contributed by atoms with Gasteiger partial charge in [0.2, 0.25) is 0 Å². The van der Waals surface area contributed by atoms with E-state index in [0.29, 0.717) is 5.02 Å². The first kappa shape index (κ1) is 14.9. The third kappa shape index (κ3) is 3.78. The summed E-state index contributed by atoms with van der Waals surface area (Å²) in [5.41, 5.74) is 1.77. The molecule has 0 aliphatic carbocycles. The minimum atomic E-state index is 0.0767. The lowest BCUT2D eigenvalue weighted by Gasteiger charge is -2.09. The number of thioether (sulfide) groups is 1. The van der Waals surface area contributed by atoms with Crippen molar-refractivity contribution >= 4 is 29.1 Å². The van der Waals surface area contributed by atoms with E-state index in [1.807, 2.05) is 42.5 Å². The third-order valence-electron chi connectivity index (χ3n) is 2.88. The van der Waals surface area contributed by atoms with Crippen LogP contribution >= 0.6 is 23.4 Å². The predicted octanol–water partition coefficient (Wildman–Crippen LogP) is 4.84. The van der Waals surface area contributed by atoms with E-state index in [2.05, 4.69) is 0 Å². The van der Waals surface area contributed by atoms with Crippen molar-refractivity contribution in [2.45, 2.75) is 17.6 Å². The van der Waals surface area contributed by atoms with Crippen LogP contribution in [0, 0.1) is 0 Å². The van der Waals surface area contributed by atoms with E-state index in [9.17, 15) is 4.79 Å². The Bertz CT molecular complexity index is 626. The number of rotatable bonds is 5. The summed E-state index contributed by atoms with van der Waals surface area (Å²) in [6.07, 6.45) is 0. The van der Waals surface area contributed by atoms with Crippen molar-refractivity contribution in [2.75, 3.05) is 7.11 Å². The highest BCUT2D eigenvalue weighted by Crippen LogP contribution is 2.30. The van der Waals surface area contributed by atoms with Crippen LogP contribution in [0.5, 0.6) is 5.75 Å². The number of carbonyl (C=O) groups excluding carboxylic acids is 1. The zero-order valence-electron chi connectivity index (χ0n) is 11.4. The van der Waals surface area contributed by atoms with Gasteiger partial charge < -0.3 is 4.74 Å². The van der Waals surface area contributed by atoms with Crippen LogP contribution in [-0.4, -0.2) is 12.9 Å². The minimum Gasteiger partial charge on any atom is -0.496 e. The Morgan fingerprint density at radius 3 is 2.75 bits per heavy atom. The lowest BCUT2D eigenvalue weighted by molar-refractivity contribution is 0.101. The minimum absolute atomic E-state index is 0.0767. The van der Waals surface area contributed by atoms with Gasteiger partial charge in [-0.2, -0.15) is 0 Å². The molecule has 0 bridgehead atoms. The summed E-state index contributed by atoms with van der Waals surface area (Å²) in [6, 6.07) is 13.2. The van der Waals surface area contributed by atoms with Gasteiger partial charge in [-0.3, -0.25) is 4.79 Å². The molecule has 0 unspecified atom stereocenters. The topological polar surface area (TPSA) is 26.3 Å². The SMILES string of the molecule is COc1ccc(Cl)cc1CSc1cccc(C(C)=O)c1. The first-order valence-electron chi connectivity index (χ1n) is 6.16. The Labute approximate surface area is 128 Å². The maximum atomic E-state index is 11.4. The molecule has 0 fully saturated rings. The van der Waals surface area contributed by atoms with E-state index >= 15 is 0 Å². The van der Waals surface area contributed by atoms with Gasteiger partial charge in [-0.15, -0.1) is 11.8 Å². The fourth-order valence-electron chi connectivity index (χ4n) is 1.83. The van der Waals surface area contributed by atoms with Crippen molar-refractivity contribution in [2.24, 2.45) is 0 Å². The Balaban J connectivity index is 2.14. The van der Waals surface area contributed by atoms with E-state index in [4.69, 9.17) is 16.3 Å². The lowest BCUT2D eigenvalue weighted by atomic mass is 10.2. The van der Waals surface area contributed by atoms with Crippen molar-refractivity contribution < 1.29 is 9.53 Å². The van der Waals surface area contributed by atoms with Gasteiger partial charge in [0.25, 0.3) is 0 Å². The summed E-state index contributed by atoms with van der Waals surface area (Å²) in [5, 5.41) is 0.693. The van der Waals surface area contributed by atoms with Crippen LogP contribution in [-0.2, 0) is 5.75 Å². The number of ketones is 1. The van der Waals surface area contributed by atoms with Crippen LogP contribution in [0.25, 0.3) is 0 Å². The highest BCUT2D eigenvalue weighted by Gasteiger charge is 2.06. The Hall–Kier alpha value is -1.45. The second-order valence-electron chi connectivity index (χ2n) is 4.33. The average Bonchev–Trinajstić information content (AvgIpc) is 2.45. The van der Waals surface area contributed by atoms with E-state index in [-0.39, 0.29) is 5.78 Å². The van der Waals surface area contributed by atoms with Gasteiger partial charge in [0.15, 0.2) is 5.78 Å². The lowest BCUT2D eigenvalue weighted by Crippen LogP contribution is -1.92. The molecule has 4 heteroatoms. The molecule has 104 valence electrons. The molecule has 0 aromatic heterocycles. The molecule has 0 heterocycles. The molecule has 0 saturated heterocycles. The number of benzene rings is 2. The first-order chi connectivity index (χ1) is 9.60. The smallest absolute Gasteiger partial charge is 0.159 e. The van der Waals surface area contributed by atoms with Crippen LogP contribution in [0.4, 0.5) is 0 Å². The number of carbonyl (C=O) groups is 1. The monoisotopic (exact) mass is 306 g/mol. The number of halogens is 1. The van der Waals surface area contributed by atoms with Crippen molar-refractivity contribution in [3.63, 3.8) is 0 Å². The van der Waals surface area contributed by atoms with Crippen molar-refractivity contribution in [3.8, 4) is 5.75 Å². The van der Waals surface area contributed by atoms with Gasteiger partial charge >= 0.3 is 0 Å². The number of methoxy groups -OCH3 is 1. The molecule has 2 nitrogen and oxygen atoms in total. The summed E-state index contributed by atoms with van der Waals surface area (Å²) >= 11 is 7.67. The highest BCUT2D eigenvalue weighted by molar-refractivity contribution is 7.98. The van der Waals surface area contributed by atoms with Gasteiger partial charge in [-0.1, -0.05) is 23.7 Å².